The molecule has 28 heavy (non-hydrogen) atoms. The molecule has 0 amide bonds. The van der Waals surface area contributed by atoms with Gasteiger partial charge in [0.2, 0.25) is 11.8 Å². The maximum absolute atomic E-state index is 11.7. The Balaban J connectivity index is 1.26. The van der Waals surface area contributed by atoms with Gasteiger partial charge in [-0.1, -0.05) is 19.3 Å². The number of hydrogen-bond donors (Lipinski definition) is 2. The predicted octanol–water partition coefficient (Wildman–Crippen LogP) is 3.51. The van der Waals surface area contributed by atoms with Crippen molar-refractivity contribution in [1.29, 1.82) is 0 Å². The van der Waals surface area contributed by atoms with E-state index in [4.69, 9.17) is 18.9 Å². The summed E-state index contributed by atoms with van der Waals surface area (Å²) < 4.78 is 17.8. The van der Waals surface area contributed by atoms with Crippen LogP contribution in [0.4, 0.5) is 4.79 Å². The molecule has 1 saturated carbocycles. The molecule has 9 heteroatoms. The molecule has 2 aliphatic rings. The molecule has 0 aromatic carbocycles. The third kappa shape index (κ3) is 4.75. The van der Waals surface area contributed by atoms with Gasteiger partial charge in [-0.15, -0.1) is 4.73 Å². The number of aromatic nitrogens is 1. The molecule has 0 spiro atoms. The van der Waals surface area contributed by atoms with Crippen molar-refractivity contribution in [3.63, 3.8) is 0 Å². The van der Waals surface area contributed by atoms with Gasteiger partial charge in [0.1, 0.15) is 6.10 Å². The Morgan fingerprint density at radius 1 is 1.14 bits per heavy atom. The van der Waals surface area contributed by atoms with Crippen molar-refractivity contribution < 1.29 is 33.9 Å². The Kier molecular flexibility index (Phi) is 5.86. The Bertz CT molecular complexity index is 667. The van der Waals surface area contributed by atoms with Crippen LogP contribution in [0.25, 0.3) is 0 Å². The molecule has 1 aliphatic carbocycles. The highest BCUT2D eigenvalue weighted by Gasteiger charge is 2.50. The lowest BCUT2D eigenvalue weighted by Gasteiger charge is -2.32. The van der Waals surface area contributed by atoms with Crippen LogP contribution in [0.1, 0.15) is 59.8 Å². The van der Waals surface area contributed by atoms with Gasteiger partial charge in [-0.3, -0.25) is 4.84 Å². The zero-order valence-electron chi connectivity index (χ0n) is 17.0. The molecular formula is C19H30BNO7. The van der Waals surface area contributed by atoms with Gasteiger partial charge in [0, 0.05) is 12.1 Å². The molecule has 1 aromatic rings. The molecule has 2 unspecified atom stereocenters. The topological polar surface area (TPSA) is 99.4 Å². The number of nitrogens with zero attached hydrogens (tertiary/aromatic N) is 1. The summed E-state index contributed by atoms with van der Waals surface area (Å²) in [6, 6.07) is 2.43. The van der Waals surface area contributed by atoms with E-state index in [2.05, 4.69) is 27.7 Å². The van der Waals surface area contributed by atoms with E-state index in [1.165, 1.54) is 12.1 Å². The van der Waals surface area contributed by atoms with Crippen LogP contribution in [0.3, 0.4) is 0 Å². The fourth-order valence-electron chi connectivity index (χ4n) is 3.36. The standard InChI is InChI=1S/C19H30BNO7/c1-18(2)19(3,4)28-20(27-18)11-7-5-6-8-13-12-14(13)25-17(24)26-21-15(22)9-10-16(21)23/h9-10,13-14,22-23H,5-8,11-12H2,1-4H3. The first-order valence-electron chi connectivity index (χ1n) is 9.93. The Morgan fingerprint density at radius 3 is 2.36 bits per heavy atom. The molecule has 156 valence electrons. The van der Waals surface area contributed by atoms with Gasteiger partial charge in [-0.25, -0.2) is 4.79 Å². The van der Waals surface area contributed by atoms with Gasteiger partial charge in [0.25, 0.3) is 0 Å². The largest absolute Gasteiger partial charge is 0.534 e. The first-order valence-corrected chi connectivity index (χ1v) is 9.93. The van der Waals surface area contributed by atoms with E-state index < -0.39 is 6.16 Å². The van der Waals surface area contributed by atoms with Gasteiger partial charge < -0.3 is 24.3 Å². The summed E-state index contributed by atoms with van der Waals surface area (Å²) in [6.45, 7) is 8.24. The first kappa shape index (κ1) is 20.9. The van der Waals surface area contributed by atoms with Crippen molar-refractivity contribution in [3.8, 4) is 11.8 Å². The summed E-state index contributed by atoms with van der Waals surface area (Å²) in [5.74, 6) is -0.399. The van der Waals surface area contributed by atoms with Crippen molar-refractivity contribution in [2.45, 2.75) is 83.4 Å². The monoisotopic (exact) mass is 395 g/mol. The van der Waals surface area contributed by atoms with Crippen LogP contribution < -0.4 is 4.84 Å². The normalized spacial score (nSPS) is 24.9. The number of unbranched alkanes of at least 4 members (excludes halogenated alkanes) is 2. The van der Waals surface area contributed by atoms with E-state index in [1.807, 2.05) is 0 Å². The maximum Gasteiger partial charge on any atom is 0.534 e. The second kappa shape index (κ2) is 7.87. The Hall–Kier alpha value is -1.87. The lowest BCUT2D eigenvalue weighted by atomic mass is 9.82. The van der Waals surface area contributed by atoms with E-state index in [-0.39, 0.29) is 36.2 Å². The first-order chi connectivity index (χ1) is 13.1. The molecule has 8 nitrogen and oxygen atoms in total. The molecule has 2 heterocycles. The summed E-state index contributed by atoms with van der Waals surface area (Å²) in [5.41, 5.74) is -0.557. The minimum absolute atomic E-state index is 0.140. The van der Waals surface area contributed by atoms with E-state index in [9.17, 15) is 15.0 Å². The average molecular weight is 395 g/mol. The van der Waals surface area contributed by atoms with Crippen molar-refractivity contribution in [1.82, 2.24) is 4.73 Å². The summed E-state index contributed by atoms with van der Waals surface area (Å²) in [4.78, 5) is 16.5. The van der Waals surface area contributed by atoms with Crippen LogP contribution >= 0.6 is 0 Å². The third-order valence-electron chi connectivity index (χ3n) is 5.89. The van der Waals surface area contributed by atoms with Crippen LogP contribution in [0.15, 0.2) is 12.1 Å². The second-order valence-electron chi connectivity index (χ2n) is 8.66. The lowest BCUT2D eigenvalue weighted by molar-refractivity contribution is 0.00578. The van der Waals surface area contributed by atoms with E-state index in [0.717, 1.165) is 38.4 Å². The lowest BCUT2D eigenvalue weighted by Crippen LogP contribution is -2.41. The quantitative estimate of drug-likeness (QED) is 0.395. The van der Waals surface area contributed by atoms with E-state index >= 15 is 0 Å². The Morgan fingerprint density at radius 2 is 1.75 bits per heavy atom. The predicted molar refractivity (Wildman–Crippen MR) is 102 cm³/mol. The van der Waals surface area contributed by atoms with Crippen LogP contribution in [0, 0.1) is 5.92 Å². The minimum atomic E-state index is -0.935. The van der Waals surface area contributed by atoms with Crippen LogP contribution in [-0.4, -0.2) is 45.5 Å². The van der Waals surface area contributed by atoms with Gasteiger partial charge in [0.05, 0.1) is 11.2 Å². The Labute approximate surface area is 165 Å². The summed E-state index contributed by atoms with van der Waals surface area (Å²) in [6.07, 6.45) is 4.75. The third-order valence-corrected chi connectivity index (χ3v) is 5.89. The highest BCUT2D eigenvalue weighted by Crippen LogP contribution is 2.40. The average Bonchev–Trinajstić information content (AvgIpc) is 3.19. The summed E-state index contributed by atoms with van der Waals surface area (Å²) in [5, 5.41) is 18.9. The fourth-order valence-corrected chi connectivity index (χ4v) is 3.36. The molecule has 2 fully saturated rings. The maximum atomic E-state index is 11.7. The van der Waals surface area contributed by atoms with Gasteiger partial charge in [-0.05, 0) is 52.8 Å². The smallest absolute Gasteiger partial charge is 0.492 e. The van der Waals surface area contributed by atoms with E-state index in [0.29, 0.717) is 10.6 Å². The van der Waals surface area contributed by atoms with Crippen LogP contribution in [-0.2, 0) is 14.0 Å². The van der Waals surface area contributed by atoms with Crippen LogP contribution in [0.5, 0.6) is 11.8 Å². The van der Waals surface area contributed by atoms with Crippen molar-refractivity contribution in [2.75, 3.05) is 0 Å². The molecule has 1 saturated heterocycles. The fraction of sp³-hybridized carbons (Fsp3) is 0.737. The minimum Gasteiger partial charge on any atom is -0.492 e. The van der Waals surface area contributed by atoms with Crippen molar-refractivity contribution in [3.05, 3.63) is 12.1 Å². The number of carbonyl (C=O) groups is 1. The van der Waals surface area contributed by atoms with Gasteiger partial charge in [-0.2, -0.15) is 0 Å². The molecular weight excluding hydrogens is 365 g/mol. The molecule has 2 atom stereocenters. The highest BCUT2D eigenvalue weighted by atomic mass is 16.8. The molecule has 1 aliphatic heterocycles. The van der Waals surface area contributed by atoms with Crippen molar-refractivity contribution >= 4 is 13.3 Å². The number of aromatic hydroxyl groups is 2. The molecule has 0 bridgehead atoms. The summed E-state index contributed by atoms with van der Waals surface area (Å²) >= 11 is 0. The van der Waals surface area contributed by atoms with Crippen molar-refractivity contribution in [2.24, 2.45) is 5.92 Å². The SMILES string of the molecule is CC1(C)OB(CCCCCC2CC2OC(=O)On2c(O)ccc2O)OC1(C)C. The molecule has 3 rings (SSSR count). The number of rotatable bonds is 8. The van der Waals surface area contributed by atoms with E-state index in [1.54, 1.807) is 0 Å². The summed E-state index contributed by atoms with van der Waals surface area (Å²) in [7, 11) is -0.140. The van der Waals surface area contributed by atoms with Crippen LogP contribution in [0.2, 0.25) is 6.32 Å². The zero-order valence-corrected chi connectivity index (χ0v) is 17.0. The molecule has 1 aromatic heterocycles. The van der Waals surface area contributed by atoms with Gasteiger partial charge in [0.15, 0.2) is 0 Å². The second-order valence-corrected chi connectivity index (χ2v) is 8.66. The van der Waals surface area contributed by atoms with Gasteiger partial charge >= 0.3 is 13.3 Å². The number of carbonyl (C=O) groups excluding carboxylic acids is 1. The zero-order chi connectivity index (χ0) is 20.5. The molecule has 0 radical (unpaired) electrons. The highest BCUT2D eigenvalue weighted by molar-refractivity contribution is 6.45. The number of ether oxygens (including phenoxy) is 1. The number of hydrogen-bond acceptors (Lipinski definition) is 7. The molecule has 2 N–H and O–H groups in total.